The summed E-state index contributed by atoms with van der Waals surface area (Å²) in [6.45, 7) is 3.19. The number of carboxylic acids is 1. The van der Waals surface area contributed by atoms with Gasteiger partial charge in [-0.05, 0) is 83.1 Å². The molecule has 0 saturated carbocycles. The molecule has 0 saturated heterocycles. The van der Waals surface area contributed by atoms with Crippen LogP contribution in [0.4, 0.5) is 10.1 Å². The van der Waals surface area contributed by atoms with Gasteiger partial charge in [0.05, 0.1) is 15.7 Å². The van der Waals surface area contributed by atoms with Gasteiger partial charge in [-0.1, -0.05) is 18.2 Å². The molecule has 0 radical (unpaired) electrons. The molecule has 3 aromatic rings. The molecule has 0 atom stereocenters. The van der Waals surface area contributed by atoms with Gasteiger partial charge in [-0.15, -0.1) is 0 Å². The third-order valence-corrected chi connectivity index (χ3v) is 5.07. The molecule has 0 bridgehead atoms. The molecule has 30 heavy (non-hydrogen) atoms. The highest BCUT2D eigenvalue weighted by Gasteiger charge is 2.13. The second-order valence-corrected chi connectivity index (χ2v) is 7.65. The molecule has 2 N–H and O–H groups in total. The number of anilines is 1. The first-order chi connectivity index (χ1) is 14.5. The molecule has 3 aromatic carbocycles. The number of carboxylic acid groups (broad SMARTS) is 1. The second kappa shape index (κ2) is 10.3. The molecule has 5 nitrogen and oxygen atoms in total. The Morgan fingerprint density at radius 3 is 2.53 bits per heavy atom. The van der Waals surface area contributed by atoms with E-state index in [1.165, 1.54) is 12.1 Å². The molecule has 0 aliphatic heterocycles. The molecule has 0 aliphatic rings. The SMILES string of the molecule is CCOc1cc(CNc2cccc(C(=O)O)c2)cc(I)c1OCc1ccc(F)cc1. The van der Waals surface area contributed by atoms with Crippen LogP contribution >= 0.6 is 22.6 Å². The van der Waals surface area contributed by atoms with Crippen molar-refractivity contribution >= 4 is 34.2 Å². The van der Waals surface area contributed by atoms with Crippen molar-refractivity contribution in [3.63, 3.8) is 0 Å². The first-order valence-corrected chi connectivity index (χ1v) is 10.4. The van der Waals surface area contributed by atoms with E-state index in [1.807, 2.05) is 25.1 Å². The zero-order valence-electron chi connectivity index (χ0n) is 16.3. The zero-order chi connectivity index (χ0) is 21.5. The Kier molecular flexibility index (Phi) is 7.51. The standard InChI is InChI=1S/C23H21FINO4/c1-2-29-21-11-16(13-26-19-5-3-4-17(12-19)23(27)28)10-20(25)22(21)30-14-15-6-8-18(24)9-7-15/h3-12,26H,2,13-14H2,1H3,(H,27,28). The Morgan fingerprint density at radius 2 is 1.83 bits per heavy atom. The minimum absolute atomic E-state index is 0.231. The lowest BCUT2D eigenvalue weighted by atomic mass is 10.1. The van der Waals surface area contributed by atoms with E-state index in [4.69, 9.17) is 14.6 Å². The van der Waals surface area contributed by atoms with Crippen molar-refractivity contribution in [1.82, 2.24) is 0 Å². The molecule has 0 amide bonds. The van der Waals surface area contributed by atoms with Crippen molar-refractivity contribution in [1.29, 1.82) is 0 Å². The molecular weight excluding hydrogens is 500 g/mol. The molecule has 0 aromatic heterocycles. The predicted molar refractivity (Wildman–Crippen MR) is 122 cm³/mol. The molecule has 156 valence electrons. The molecular formula is C23H21FINO4. The number of aromatic carboxylic acids is 1. The van der Waals surface area contributed by atoms with E-state index in [9.17, 15) is 9.18 Å². The van der Waals surface area contributed by atoms with E-state index in [-0.39, 0.29) is 11.4 Å². The van der Waals surface area contributed by atoms with Gasteiger partial charge in [0, 0.05) is 12.2 Å². The largest absolute Gasteiger partial charge is 0.490 e. The van der Waals surface area contributed by atoms with E-state index in [0.717, 1.165) is 20.4 Å². The van der Waals surface area contributed by atoms with Crippen molar-refractivity contribution < 1.29 is 23.8 Å². The summed E-state index contributed by atoms with van der Waals surface area (Å²) < 4.78 is 25.7. The van der Waals surface area contributed by atoms with Gasteiger partial charge < -0.3 is 19.9 Å². The molecule has 7 heteroatoms. The Bertz CT molecular complexity index is 1020. The Hall–Kier alpha value is -2.81. The molecule has 0 aliphatic carbocycles. The van der Waals surface area contributed by atoms with E-state index in [2.05, 4.69) is 27.9 Å². The van der Waals surface area contributed by atoms with Crippen LogP contribution < -0.4 is 14.8 Å². The minimum Gasteiger partial charge on any atom is -0.490 e. The number of benzene rings is 3. The zero-order valence-corrected chi connectivity index (χ0v) is 18.5. The summed E-state index contributed by atoms with van der Waals surface area (Å²) >= 11 is 2.20. The van der Waals surface area contributed by atoms with Crippen LogP contribution in [0, 0.1) is 9.39 Å². The van der Waals surface area contributed by atoms with E-state index in [1.54, 1.807) is 30.3 Å². The average Bonchev–Trinajstić information content (AvgIpc) is 2.73. The summed E-state index contributed by atoms with van der Waals surface area (Å²) in [5.41, 5.74) is 2.78. The summed E-state index contributed by atoms with van der Waals surface area (Å²) in [5.74, 6) is 0.0181. The van der Waals surface area contributed by atoms with Crippen LogP contribution in [0.2, 0.25) is 0 Å². The topological polar surface area (TPSA) is 67.8 Å². The van der Waals surface area contributed by atoms with E-state index >= 15 is 0 Å². The molecule has 0 spiro atoms. The average molecular weight is 521 g/mol. The maximum Gasteiger partial charge on any atom is 0.335 e. The van der Waals surface area contributed by atoms with Gasteiger partial charge >= 0.3 is 5.97 Å². The van der Waals surface area contributed by atoms with Crippen LogP contribution in [0.25, 0.3) is 0 Å². The first kappa shape index (κ1) is 21.9. The second-order valence-electron chi connectivity index (χ2n) is 6.49. The van der Waals surface area contributed by atoms with Crippen LogP contribution in [0.3, 0.4) is 0 Å². The fourth-order valence-electron chi connectivity index (χ4n) is 2.83. The summed E-state index contributed by atoms with van der Waals surface area (Å²) in [7, 11) is 0. The van der Waals surface area contributed by atoms with Crippen molar-refractivity contribution in [2.75, 3.05) is 11.9 Å². The maximum atomic E-state index is 13.1. The molecule has 0 heterocycles. The normalized spacial score (nSPS) is 10.5. The first-order valence-electron chi connectivity index (χ1n) is 9.36. The lowest BCUT2D eigenvalue weighted by molar-refractivity contribution is 0.0697. The minimum atomic E-state index is -0.963. The lowest BCUT2D eigenvalue weighted by Crippen LogP contribution is -2.05. The van der Waals surface area contributed by atoms with Gasteiger partial charge in [0.25, 0.3) is 0 Å². The number of carbonyl (C=O) groups is 1. The van der Waals surface area contributed by atoms with Gasteiger partial charge in [0.15, 0.2) is 11.5 Å². The van der Waals surface area contributed by atoms with Crippen molar-refractivity contribution in [2.45, 2.75) is 20.1 Å². The van der Waals surface area contributed by atoms with Crippen LogP contribution in [-0.2, 0) is 13.2 Å². The van der Waals surface area contributed by atoms with Gasteiger partial charge in [-0.25, -0.2) is 9.18 Å². The van der Waals surface area contributed by atoms with Crippen molar-refractivity contribution in [3.8, 4) is 11.5 Å². The number of ether oxygens (including phenoxy) is 2. The summed E-state index contributed by atoms with van der Waals surface area (Å²) in [6, 6.07) is 16.7. The molecule has 0 unspecified atom stereocenters. The molecule has 3 rings (SSSR count). The van der Waals surface area contributed by atoms with E-state index < -0.39 is 5.97 Å². The van der Waals surface area contributed by atoms with Gasteiger partial charge in [-0.3, -0.25) is 0 Å². The highest BCUT2D eigenvalue weighted by atomic mass is 127. The highest BCUT2D eigenvalue weighted by Crippen LogP contribution is 2.35. The van der Waals surface area contributed by atoms with Gasteiger partial charge in [0.2, 0.25) is 0 Å². The van der Waals surface area contributed by atoms with E-state index in [0.29, 0.717) is 31.3 Å². The van der Waals surface area contributed by atoms with Crippen molar-refractivity contribution in [3.05, 3.63) is 86.7 Å². The fourth-order valence-corrected chi connectivity index (χ4v) is 3.65. The van der Waals surface area contributed by atoms with Crippen LogP contribution in [0.1, 0.15) is 28.4 Å². The third-order valence-electron chi connectivity index (χ3n) is 4.27. The number of halogens is 2. The van der Waals surface area contributed by atoms with Gasteiger partial charge in [0.1, 0.15) is 12.4 Å². The number of rotatable bonds is 9. The summed E-state index contributed by atoms with van der Waals surface area (Å²) in [4.78, 5) is 11.1. The lowest BCUT2D eigenvalue weighted by Gasteiger charge is -2.16. The Labute approximate surface area is 188 Å². The Morgan fingerprint density at radius 1 is 1.07 bits per heavy atom. The molecule has 0 fully saturated rings. The number of hydrogen-bond donors (Lipinski definition) is 2. The maximum absolute atomic E-state index is 13.1. The quantitative estimate of drug-likeness (QED) is 0.353. The van der Waals surface area contributed by atoms with Crippen molar-refractivity contribution in [2.24, 2.45) is 0 Å². The number of hydrogen-bond acceptors (Lipinski definition) is 4. The third kappa shape index (κ3) is 5.85. The van der Waals surface area contributed by atoms with Crippen LogP contribution in [0.5, 0.6) is 11.5 Å². The summed E-state index contributed by atoms with van der Waals surface area (Å²) in [5, 5.41) is 12.4. The predicted octanol–water partition coefficient (Wildman–Crippen LogP) is 5.72. The highest BCUT2D eigenvalue weighted by molar-refractivity contribution is 14.1. The smallest absolute Gasteiger partial charge is 0.335 e. The Balaban J connectivity index is 1.74. The van der Waals surface area contributed by atoms with Gasteiger partial charge in [-0.2, -0.15) is 0 Å². The van der Waals surface area contributed by atoms with Crippen LogP contribution in [-0.4, -0.2) is 17.7 Å². The monoisotopic (exact) mass is 521 g/mol. The number of nitrogens with one attached hydrogen (secondary N) is 1. The summed E-state index contributed by atoms with van der Waals surface area (Å²) in [6.07, 6.45) is 0. The van der Waals surface area contributed by atoms with Crippen LogP contribution in [0.15, 0.2) is 60.7 Å². The fraction of sp³-hybridized carbons (Fsp3) is 0.174.